The van der Waals surface area contributed by atoms with E-state index >= 15 is 0 Å². The van der Waals surface area contributed by atoms with Gasteiger partial charge in [0.15, 0.2) is 0 Å². The minimum absolute atomic E-state index is 0.130. The number of amides is 1. The SMILES string of the molecule is COc1ccc(C(=O)NCCCSc2ccccc2)c(OC)c1. The average Bonchev–Trinajstić information content (AvgIpc) is 2.61. The Balaban J connectivity index is 1.78. The maximum absolute atomic E-state index is 12.2. The number of carbonyl (C=O) groups is 1. The second-order valence-electron chi connectivity index (χ2n) is 4.84. The van der Waals surface area contributed by atoms with E-state index in [0.29, 0.717) is 23.6 Å². The van der Waals surface area contributed by atoms with Crippen molar-refractivity contribution in [2.45, 2.75) is 11.3 Å². The van der Waals surface area contributed by atoms with Crippen molar-refractivity contribution in [2.75, 3.05) is 26.5 Å². The lowest BCUT2D eigenvalue weighted by atomic mass is 10.1. The summed E-state index contributed by atoms with van der Waals surface area (Å²) in [5, 5.41) is 2.92. The van der Waals surface area contributed by atoms with Gasteiger partial charge in [-0.1, -0.05) is 18.2 Å². The summed E-state index contributed by atoms with van der Waals surface area (Å²) in [6, 6.07) is 15.4. The highest BCUT2D eigenvalue weighted by atomic mass is 32.2. The lowest BCUT2D eigenvalue weighted by Crippen LogP contribution is -2.25. The molecular weight excluding hydrogens is 310 g/mol. The molecule has 0 aromatic heterocycles. The largest absolute Gasteiger partial charge is 0.497 e. The highest BCUT2D eigenvalue weighted by Crippen LogP contribution is 2.24. The third-order valence-corrected chi connectivity index (χ3v) is 4.37. The van der Waals surface area contributed by atoms with Crippen LogP contribution in [0, 0.1) is 0 Å². The fourth-order valence-electron chi connectivity index (χ4n) is 2.06. The monoisotopic (exact) mass is 331 g/mol. The molecule has 0 spiro atoms. The van der Waals surface area contributed by atoms with Gasteiger partial charge in [0, 0.05) is 17.5 Å². The summed E-state index contributed by atoms with van der Waals surface area (Å²) in [4.78, 5) is 13.5. The summed E-state index contributed by atoms with van der Waals surface area (Å²) in [5.41, 5.74) is 0.518. The summed E-state index contributed by atoms with van der Waals surface area (Å²) < 4.78 is 10.4. The highest BCUT2D eigenvalue weighted by molar-refractivity contribution is 7.99. The predicted octanol–water partition coefficient (Wildman–Crippen LogP) is 3.62. The normalized spacial score (nSPS) is 10.2. The Kier molecular flexibility index (Phi) is 6.81. The van der Waals surface area contributed by atoms with Gasteiger partial charge in [0.1, 0.15) is 11.5 Å². The Labute approximate surface area is 141 Å². The second-order valence-corrected chi connectivity index (χ2v) is 6.01. The van der Waals surface area contributed by atoms with Crippen LogP contribution in [0.2, 0.25) is 0 Å². The molecule has 0 atom stereocenters. The number of ether oxygens (including phenoxy) is 2. The molecule has 0 heterocycles. The maximum Gasteiger partial charge on any atom is 0.255 e. The van der Waals surface area contributed by atoms with Gasteiger partial charge in [-0.15, -0.1) is 11.8 Å². The van der Waals surface area contributed by atoms with Crippen molar-refractivity contribution in [1.82, 2.24) is 5.32 Å². The van der Waals surface area contributed by atoms with Crippen molar-refractivity contribution in [1.29, 1.82) is 0 Å². The molecule has 0 aliphatic rings. The molecular formula is C18H21NO3S. The molecule has 1 N–H and O–H groups in total. The van der Waals surface area contributed by atoms with Gasteiger partial charge in [0.25, 0.3) is 5.91 Å². The van der Waals surface area contributed by atoms with Crippen LogP contribution in [-0.2, 0) is 0 Å². The number of benzene rings is 2. The van der Waals surface area contributed by atoms with E-state index < -0.39 is 0 Å². The van der Waals surface area contributed by atoms with Gasteiger partial charge >= 0.3 is 0 Å². The van der Waals surface area contributed by atoms with Crippen molar-refractivity contribution < 1.29 is 14.3 Å². The van der Waals surface area contributed by atoms with Crippen LogP contribution in [0.3, 0.4) is 0 Å². The Morgan fingerprint density at radius 2 is 1.87 bits per heavy atom. The topological polar surface area (TPSA) is 47.6 Å². The van der Waals surface area contributed by atoms with E-state index in [4.69, 9.17) is 9.47 Å². The van der Waals surface area contributed by atoms with Crippen molar-refractivity contribution in [3.63, 3.8) is 0 Å². The number of thioether (sulfide) groups is 1. The third kappa shape index (κ3) is 5.21. The smallest absolute Gasteiger partial charge is 0.255 e. The van der Waals surface area contributed by atoms with E-state index in [0.717, 1.165) is 12.2 Å². The van der Waals surface area contributed by atoms with Gasteiger partial charge in [0.05, 0.1) is 19.8 Å². The van der Waals surface area contributed by atoms with Gasteiger partial charge in [-0.3, -0.25) is 4.79 Å². The Hall–Kier alpha value is -2.14. The molecule has 2 aromatic rings. The fraction of sp³-hybridized carbons (Fsp3) is 0.278. The predicted molar refractivity (Wildman–Crippen MR) is 93.7 cm³/mol. The summed E-state index contributed by atoms with van der Waals surface area (Å²) in [7, 11) is 3.13. The van der Waals surface area contributed by atoms with Gasteiger partial charge in [-0.2, -0.15) is 0 Å². The number of methoxy groups -OCH3 is 2. The third-order valence-electron chi connectivity index (χ3n) is 3.27. The summed E-state index contributed by atoms with van der Waals surface area (Å²) in [6.45, 7) is 0.633. The fourth-order valence-corrected chi connectivity index (χ4v) is 2.94. The van der Waals surface area contributed by atoms with Crippen molar-refractivity contribution >= 4 is 17.7 Å². The lowest BCUT2D eigenvalue weighted by molar-refractivity contribution is 0.0950. The van der Waals surface area contributed by atoms with Crippen LogP contribution in [-0.4, -0.2) is 32.4 Å². The molecule has 2 rings (SSSR count). The minimum Gasteiger partial charge on any atom is -0.497 e. The maximum atomic E-state index is 12.2. The first-order valence-electron chi connectivity index (χ1n) is 7.42. The first-order chi connectivity index (χ1) is 11.2. The van der Waals surface area contributed by atoms with Gasteiger partial charge in [-0.05, 0) is 36.4 Å². The molecule has 0 unspecified atom stereocenters. The highest BCUT2D eigenvalue weighted by Gasteiger charge is 2.12. The zero-order valence-electron chi connectivity index (χ0n) is 13.4. The standard InChI is InChI=1S/C18H21NO3S/c1-21-14-9-10-16(17(13-14)22-2)18(20)19-11-6-12-23-15-7-4-3-5-8-15/h3-5,7-10,13H,6,11-12H2,1-2H3,(H,19,20). The lowest BCUT2D eigenvalue weighted by Gasteiger charge is -2.10. The molecule has 5 heteroatoms. The van der Waals surface area contributed by atoms with Gasteiger partial charge in [0.2, 0.25) is 0 Å². The molecule has 0 aliphatic carbocycles. The molecule has 4 nitrogen and oxygen atoms in total. The number of hydrogen-bond acceptors (Lipinski definition) is 4. The van der Waals surface area contributed by atoms with E-state index in [-0.39, 0.29) is 5.91 Å². The number of hydrogen-bond donors (Lipinski definition) is 1. The van der Waals surface area contributed by atoms with E-state index in [1.165, 1.54) is 4.90 Å². The number of nitrogens with one attached hydrogen (secondary N) is 1. The first kappa shape index (κ1) is 17.2. The minimum atomic E-state index is -0.130. The molecule has 0 radical (unpaired) electrons. The average molecular weight is 331 g/mol. The van der Waals surface area contributed by atoms with Crippen molar-refractivity contribution in [3.8, 4) is 11.5 Å². The Morgan fingerprint density at radius 3 is 2.57 bits per heavy atom. The Morgan fingerprint density at radius 1 is 1.09 bits per heavy atom. The van der Waals surface area contributed by atoms with Crippen molar-refractivity contribution in [3.05, 3.63) is 54.1 Å². The zero-order valence-corrected chi connectivity index (χ0v) is 14.2. The zero-order chi connectivity index (χ0) is 16.5. The molecule has 23 heavy (non-hydrogen) atoms. The molecule has 0 fully saturated rings. The van der Waals surface area contributed by atoms with E-state index in [1.807, 2.05) is 18.2 Å². The van der Waals surface area contributed by atoms with E-state index in [9.17, 15) is 4.79 Å². The van der Waals surface area contributed by atoms with Crippen LogP contribution in [0.25, 0.3) is 0 Å². The quantitative estimate of drug-likeness (QED) is 0.593. The second kappa shape index (κ2) is 9.10. The Bertz CT molecular complexity index is 631. The van der Waals surface area contributed by atoms with Crippen molar-refractivity contribution in [2.24, 2.45) is 0 Å². The summed E-state index contributed by atoms with van der Waals surface area (Å²) in [5.74, 6) is 2.01. The first-order valence-corrected chi connectivity index (χ1v) is 8.41. The van der Waals surface area contributed by atoms with E-state index in [2.05, 4.69) is 17.4 Å². The molecule has 0 saturated heterocycles. The summed E-state index contributed by atoms with van der Waals surface area (Å²) >= 11 is 1.79. The molecule has 0 aliphatic heterocycles. The van der Waals surface area contributed by atoms with Crippen LogP contribution in [0.5, 0.6) is 11.5 Å². The number of carbonyl (C=O) groups excluding carboxylic acids is 1. The molecule has 1 amide bonds. The van der Waals surface area contributed by atoms with Crippen LogP contribution in [0.1, 0.15) is 16.8 Å². The van der Waals surface area contributed by atoms with Crippen LogP contribution in [0.4, 0.5) is 0 Å². The molecule has 0 saturated carbocycles. The van der Waals surface area contributed by atoms with Gasteiger partial charge in [-0.25, -0.2) is 0 Å². The van der Waals surface area contributed by atoms with Gasteiger partial charge < -0.3 is 14.8 Å². The molecule has 2 aromatic carbocycles. The summed E-state index contributed by atoms with van der Waals surface area (Å²) in [6.07, 6.45) is 0.907. The van der Waals surface area contributed by atoms with E-state index in [1.54, 1.807) is 44.2 Å². The van der Waals surface area contributed by atoms with Crippen LogP contribution < -0.4 is 14.8 Å². The molecule has 122 valence electrons. The van der Waals surface area contributed by atoms with Crippen LogP contribution in [0.15, 0.2) is 53.4 Å². The molecule has 0 bridgehead atoms. The van der Waals surface area contributed by atoms with Crippen LogP contribution >= 0.6 is 11.8 Å². The number of rotatable bonds is 8.